The average molecular weight is 270 g/mol. The predicted molar refractivity (Wildman–Crippen MR) is 53.2 cm³/mol. The predicted octanol–water partition coefficient (Wildman–Crippen LogP) is 1.33. The van der Waals surface area contributed by atoms with E-state index in [1.54, 1.807) is 6.07 Å². The zero-order valence-corrected chi connectivity index (χ0v) is 9.38. The molecule has 0 saturated carbocycles. The van der Waals surface area contributed by atoms with E-state index in [9.17, 15) is 8.42 Å². The lowest BCUT2D eigenvalue weighted by molar-refractivity contribution is 0.600. The third kappa shape index (κ3) is 2.55. The minimum absolute atomic E-state index is 0.235. The van der Waals surface area contributed by atoms with E-state index < -0.39 is 10.0 Å². The number of rotatable bonds is 3. The van der Waals surface area contributed by atoms with E-state index in [1.165, 1.54) is 17.4 Å². The molecule has 6 heteroatoms. The summed E-state index contributed by atoms with van der Waals surface area (Å²) >= 11 is 4.49. The zero-order chi connectivity index (χ0) is 9.19. The molecule has 0 amide bonds. The third-order valence-corrected chi connectivity index (χ3v) is 4.24. The molecule has 68 valence electrons. The van der Waals surface area contributed by atoms with Gasteiger partial charge in [0.1, 0.15) is 4.21 Å². The number of hydrogen-bond acceptors (Lipinski definition) is 3. The Labute approximate surface area is 83.8 Å². The maximum absolute atomic E-state index is 10.8. The summed E-state index contributed by atoms with van der Waals surface area (Å²) in [5.74, 6) is 0. The summed E-state index contributed by atoms with van der Waals surface area (Å²) in [6.07, 6.45) is 0.834. The Hall–Kier alpha value is 0.0900. The third-order valence-electron chi connectivity index (χ3n) is 1.26. The maximum Gasteiger partial charge on any atom is 0.247 e. The van der Waals surface area contributed by atoms with E-state index in [1.807, 2.05) is 0 Å². The largest absolute Gasteiger partial charge is 0.247 e. The Kier molecular flexibility index (Phi) is 3.28. The lowest BCUT2D eigenvalue weighted by atomic mass is 10.4. The smallest absolute Gasteiger partial charge is 0.224 e. The van der Waals surface area contributed by atoms with E-state index in [-0.39, 0.29) is 4.21 Å². The second-order valence-corrected chi connectivity index (χ2v) is 5.95. The van der Waals surface area contributed by atoms with Crippen molar-refractivity contribution in [1.29, 1.82) is 0 Å². The molecule has 3 nitrogen and oxygen atoms in total. The number of hydrogen-bond donors (Lipinski definition) is 1. The normalized spacial score (nSPS) is 11.8. The van der Waals surface area contributed by atoms with Crippen molar-refractivity contribution in [3.63, 3.8) is 0 Å². The topological polar surface area (TPSA) is 60.2 Å². The van der Waals surface area contributed by atoms with Crippen molar-refractivity contribution in [2.75, 3.05) is 5.33 Å². The van der Waals surface area contributed by atoms with Crippen LogP contribution in [0.5, 0.6) is 0 Å². The summed E-state index contributed by atoms with van der Waals surface area (Å²) in [6, 6.07) is 3.32. The van der Waals surface area contributed by atoms with Gasteiger partial charge in [0, 0.05) is 10.2 Å². The van der Waals surface area contributed by atoms with Crippen molar-refractivity contribution in [3.05, 3.63) is 17.0 Å². The quantitative estimate of drug-likeness (QED) is 0.842. The second kappa shape index (κ2) is 3.87. The molecule has 2 N–H and O–H groups in total. The number of sulfonamides is 1. The molecule has 0 aliphatic rings. The van der Waals surface area contributed by atoms with Crippen molar-refractivity contribution in [3.8, 4) is 0 Å². The Morgan fingerprint density at radius 3 is 2.58 bits per heavy atom. The summed E-state index contributed by atoms with van der Waals surface area (Å²) in [5, 5.41) is 5.77. The van der Waals surface area contributed by atoms with E-state index in [2.05, 4.69) is 15.9 Å². The van der Waals surface area contributed by atoms with Gasteiger partial charge in [-0.15, -0.1) is 11.3 Å². The van der Waals surface area contributed by atoms with Crippen LogP contribution in [-0.2, 0) is 16.4 Å². The minimum atomic E-state index is -3.50. The van der Waals surface area contributed by atoms with Crippen LogP contribution in [-0.4, -0.2) is 13.7 Å². The number of halogens is 1. The average Bonchev–Trinajstić information content (AvgIpc) is 2.35. The molecule has 0 atom stereocenters. The Bertz CT molecular complexity index is 357. The molecule has 0 unspecified atom stereocenters. The van der Waals surface area contributed by atoms with Gasteiger partial charge in [0.15, 0.2) is 0 Å². The Morgan fingerprint density at radius 2 is 2.17 bits per heavy atom. The number of primary sulfonamides is 1. The molecule has 0 aromatic carbocycles. The van der Waals surface area contributed by atoms with Crippen LogP contribution in [0.3, 0.4) is 0 Å². The van der Waals surface area contributed by atoms with E-state index >= 15 is 0 Å². The standard InChI is InChI=1S/C6H8BrNO2S2/c7-4-3-5-1-2-6(11-5)12(8,9)10/h1-2H,3-4H2,(H2,8,9,10). The molecule has 0 aliphatic carbocycles. The maximum atomic E-state index is 10.8. The van der Waals surface area contributed by atoms with E-state index in [0.29, 0.717) is 0 Å². The van der Waals surface area contributed by atoms with Crippen molar-refractivity contribution >= 4 is 37.3 Å². The van der Waals surface area contributed by atoms with Crippen LogP contribution in [0, 0.1) is 0 Å². The molecule has 1 heterocycles. The molecular weight excluding hydrogens is 262 g/mol. The summed E-state index contributed by atoms with van der Waals surface area (Å²) in [4.78, 5) is 1.02. The fourth-order valence-corrected chi connectivity index (χ4v) is 3.21. The summed E-state index contributed by atoms with van der Waals surface area (Å²) in [6.45, 7) is 0. The van der Waals surface area contributed by atoms with E-state index in [0.717, 1.165) is 16.6 Å². The highest BCUT2D eigenvalue weighted by atomic mass is 79.9. The van der Waals surface area contributed by atoms with E-state index in [4.69, 9.17) is 5.14 Å². The number of aryl methyl sites for hydroxylation is 1. The van der Waals surface area contributed by atoms with Gasteiger partial charge in [-0.25, -0.2) is 13.6 Å². The van der Waals surface area contributed by atoms with Crippen LogP contribution in [0.25, 0.3) is 0 Å². The van der Waals surface area contributed by atoms with Crippen LogP contribution < -0.4 is 5.14 Å². The Morgan fingerprint density at radius 1 is 1.50 bits per heavy atom. The van der Waals surface area contributed by atoms with Crippen LogP contribution in [0.1, 0.15) is 4.88 Å². The highest BCUT2D eigenvalue weighted by Crippen LogP contribution is 2.20. The van der Waals surface area contributed by atoms with Gasteiger partial charge < -0.3 is 0 Å². The highest BCUT2D eigenvalue weighted by Gasteiger charge is 2.10. The molecule has 0 radical (unpaired) electrons. The van der Waals surface area contributed by atoms with Crippen molar-refractivity contribution in [1.82, 2.24) is 0 Å². The van der Waals surface area contributed by atoms with Gasteiger partial charge in [-0.2, -0.15) is 0 Å². The molecule has 1 aromatic rings. The summed E-state index contributed by atoms with van der Waals surface area (Å²) in [5.41, 5.74) is 0. The zero-order valence-electron chi connectivity index (χ0n) is 6.16. The van der Waals surface area contributed by atoms with Crippen LogP contribution in [0.15, 0.2) is 16.3 Å². The summed E-state index contributed by atoms with van der Waals surface area (Å²) in [7, 11) is -3.50. The van der Waals surface area contributed by atoms with Gasteiger partial charge >= 0.3 is 0 Å². The second-order valence-electron chi connectivity index (χ2n) is 2.20. The van der Waals surface area contributed by atoms with Crippen molar-refractivity contribution in [2.24, 2.45) is 5.14 Å². The fraction of sp³-hybridized carbons (Fsp3) is 0.333. The lowest BCUT2D eigenvalue weighted by Crippen LogP contribution is -2.09. The minimum Gasteiger partial charge on any atom is -0.224 e. The first-order chi connectivity index (χ1) is 5.54. The van der Waals surface area contributed by atoms with Crippen LogP contribution >= 0.6 is 27.3 Å². The van der Waals surface area contributed by atoms with Gasteiger partial charge in [-0.05, 0) is 18.6 Å². The van der Waals surface area contributed by atoms with Gasteiger partial charge in [0.2, 0.25) is 10.0 Å². The SMILES string of the molecule is NS(=O)(=O)c1ccc(CCBr)s1. The fourth-order valence-electron chi connectivity index (χ4n) is 0.739. The van der Waals surface area contributed by atoms with Gasteiger partial charge in [-0.1, -0.05) is 15.9 Å². The molecule has 0 aliphatic heterocycles. The van der Waals surface area contributed by atoms with Crippen LogP contribution in [0.2, 0.25) is 0 Å². The Balaban J connectivity index is 2.92. The molecule has 0 bridgehead atoms. The highest BCUT2D eigenvalue weighted by molar-refractivity contribution is 9.09. The molecule has 1 rings (SSSR count). The first kappa shape index (κ1) is 10.2. The molecule has 12 heavy (non-hydrogen) atoms. The van der Waals surface area contributed by atoms with Gasteiger partial charge in [0.05, 0.1) is 0 Å². The first-order valence-corrected chi connectivity index (χ1v) is 6.70. The summed E-state index contributed by atoms with van der Waals surface area (Å²) < 4.78 is 21.9. The molecule has 0 fully saturated rings. The monoisotopic (exact) mass is 269 g/mol. The number of thiophene rings is 1. The van der Waals surface area contributed by atoms with Crippen molar-refractivity contribution in [2.45, 2.75) is 10.6 Å². The first-order valence-electron chi connectivity index (χ1n) is 3.21. The van der Waals surface area contributed by atoms with Crippen molar-refractivity contribution < 1.29 is 8.42 Å². The molecule has 0 spiro atoms. The molecular formula is C6H8BrNO2S2. The molecule has 0 saturated heterocycles. The number of alkyl halides is 1. The number of nitrogens with two attached hydrogens (primary N) is 1. The van der Waals surface area contributed by atoms with Gasteiger partial charge in [-0.3, -0.25) is 0 Å². The van der Waals surface area contributed by atoms with Gasteiger partial charge in [0.25, 0.3) is 0 Å². The lowest BCUT2D eigenvalue weighted by Gasteiger charge is -1.89. The molecule has 1 aromatic heterocycles. The van der Waals surface area contributed by atoms with Crippen LogP contribution in [0.4, 0.5) is 0 Å².